The molecule has 0 amide bonds. The zero-order valence-corrected chi connectivity index (χ0v) is 18.1. The Kier molecular flexibility index (Phi) is 13.2. The van der Waals surface area contributed by atoms with Crippen LogP contribution >= 0.6 is 0 Å². The van der Waals surface area contributed by atoms with E-state index in [2.05, 4.69) is 67.7 Å². The molecule has 0 unspecified atom stereocenters. The minimum Gasteiger partial charge on any atom is -0.458 e. The molecular formula is C25H36O4. The van der Waals surface area contributed by atoms with Gasteiger partial charge in [0.25, 0.3) is 0 Å². The number of allylic oxidation sites excluding steroid dienone is 10. The third-order valence-corrected chi connectivity index (χ3v) is 4.57. The van der Waals surface area contributed by atoms with Crippen LogP contribution in [0.15, 0.2) is 60.8 Å². The molecule has 0 N–H and O–H groups in total. The van der Waals surface area contributed by atoms with Gasteiger partial charge in [0.05, 0.1) is 5.92 Å². The van der Waals surface area contributed by atoms with Gasteiger partial charge in [0.1, 0.15) is 6.10 Å². The number of carbonyl (C=O) groups excluding carboxylic acids is 2. The molecule has 0 aromatic carbocycles. The van der Waals surface area contributed by atoms with Gasteiger partial charge in [-0.05, 0) is 51.9 Å². The fraction of sp³-hybridized carbons (Fsp3) is 0.520. The van der Waals surface area contributed by atoms with Crippen LogP contribution in [0.3, 0.4) is 0 Å². The van der Waals surface area contributed by atoms with Crippen LogP contribution in [0.2, 0.25) is 0 Å². The first-order valence-electron chi connectivity index (χ1n) is 10.7. The van der Waals surface area contributed by atoms with E-state index in [1.165, 1.54) is 6.92 Å². The average Bonchev–Trinajstić information content (AvgIpc) is 2.94. The maximum Gasteiger partial charge on any atom is 0.313 e. The van der Waals surface area contributed by atoms with Crippen molar-refractivity contribution in [3.63, 3.8) is 0 Å². The normalized spacial score (nSPS) is 22.7. The predicted octanol–water partition coefficient (Wildman–Crippen LogP) is 6.01. The van der Waals surface area contributed by atoms with E-state index >= 15 is 0 Å². The van der Waals surface area contributed by atoms with Crippen molar-refractivity contribution in [3.05, 3.63) is 60.8 Å². The van der Waals surface area contributed by atoms with Crippen LogP contribution in [-0.2, 0) is 19.1 Å². The van der Waals surface area contributed by atoms with Gasteiger partial charge in [-0.2, -0.15) is 0 Å². The number of rotatable bonds is 13. The molecule has 3 atom stereocenters. The SMILES string of the molecule is CC/C=C\C/C=C\C/C=C\C/C=C\C/C=C\CC[C@@H]1C(=O)O[C@@H](C)[C@H]1OC(C)=O. The summed E-state index contributed by atoms with van der Waals surface area (Å²) in [7, 11) is 0. The van der Waals surface area contributed by atoms with Gasteiger partial charge < -0.3 is 9.47 Å². The van der Waals surface area contributed by atoms with Crippen LogP contribution in [0.5, 0.6) is 0 Å². The van der Waals surface area contributed by atoms with Crippen molar-refractivity contribution in [3.8, 4) is 0 Å². The van der Waals surface area contributed by atoms with E-state index in [4.69, 9.17) is 9.47 Å². The third-order valence-electron chi connectivity index (χ3n) is 4.57. The van der Waals surface area contributed by atoms with Crippen molar-refractivity contribution < 1.29 is 19.1 Å². The Morgan fingerprint density at radius 3 is 1.86 bits per heavy atom. The highest BCUT2D eigenvalue weighted by molar-refractivity contribution is 5.77. The first-order chi connectivity index (χ1) is 14.1. The second-order valence-corrected chi connectivity index (χ2v) is 7.11. The molecule has 0 spiro atoms. The lowest BCUT2D eigenvalue weighted by Crippen LogP contribution is -2.30. The van der Waals surface area contributed by atoms with Gasteiger partial charge in [-0.15, -0.1) is 0 Å². The first-order valence-corrected chi connectivity index (χ1v) is 10.7. The maximum atomic E-state index is 11.9. The summed E-state index contributed by atoms with van der Waals surface area (Å²) in [6, 6.07) is 0. The summed E-state index contributed by atoms with van der Waals surface area (Å²) in [4.78, 5) is 23.1. The Labute approximate surface area is 176 Å². The third kappa shape index (κ3) is 11.3. The van der Waals surface area contributed by atoms with Crippen LogP contribution in [0.25, 0.3) is 0 Å². The Balaban J connectivity index is 2.15. The van der Waals surface area contributed by atoms with Crippen molar-refractivity contribution in [1.82, 2.24) is 0 Å². The van der Waals surface area contributed by atoms with Crippen molar-refractivity contribution >= 4 is 11.9 Å². The molecule has 0 aromatic heterocycles. The van der Waals surface area contributed by atoms with Crippen molar-refractivity contribution in [2.24, 2.45) is 5.92 Å². The zero-order valence-electron chi connectivity index (χ0n) is 18.1. The van der Waals surface area contributed by atoms with Crippen LogP contribution in [-0.4, -0.2) is 24.1 Å². The second kappa shape index (κ2) is 15.5. The van der Waals surface area contributed by atoms with Crippen molar-refractivity contribution in [2.75, 3.05) is 0 Å². The van der Waals surface area contributed by atoms with E-state index in [0.717, 1.165) is 38.5 Å². The number of hydrogen-bond donors (Lipinski definition) is 0. The molecule has 0 aromatic rings. The van der Waals surface area contributed by atoms with Gasteiger partial charge in [-0.1, -0.05) is 67.7 Å². The van der Waals surface area contributed by atoms with Gasteiger partial charge in [0, 0.05) is 6.92 Å². The summed E-state index contributed by atoms with van der Waals surface area (Å²) in [5.41, 5.74) is 0. The largest absolute Gasteiger partial charge is 0.458 e. The Morgan fingerprint density at radius 2 is 1.38 bits per heavy atom. The summed E-state index contributed by atoms with van der Waals surface area (Å²) in [5.74, 6) is -1.01. The molecule has 4 nitrogen and oxygen atoms in total. The average molecular weight is 401 g/mol. The van der Waals surface area contributed by atoms with E-state index in [9.17, 15) is 9.59 Å². The molecular weight excluding hydrogens is 364 g/mol. The van der Waals surface area contributed by atoms with Crippen molar-refractivity contribution in [1.29, 1.82) is 0 Å². The number of ether oxygens (including phenoxy) is 2. The molecule has 1 aliphatic heterocycles. The highest BCUT2D eigenvalue weighted by Crippen LogP contribution is 2.28. The van der Waals surface area contributed by atoms with Gasteiger partial charge in [0.2, 0.25) is 0 Å². The van der Waals surface area contributed by atoms with E-state index < -0.39 is 6.10 Å². The number of esters is 2. The van der Waals surface area contributed by atoms with Crippen LogP contribution in [0, 0.1) is 5.92 Å². The van der Waals surface area contributed by atoms with E-state index in [0.29, 0.717) is 6.42 Å². The smallest absolute Gasteiger partial charge is 0.313 e. The second-order valence-electron chi connectivity index (χ2n) is 7.11. The lowest BCUT2D eigenvalue weighted by atomic mass is 9.96. The molecule has 4 heteroatoms. The standard InChI is InChI=1S/C25H36O4/c1-4-5-6-7-8-9-10-11-12-13-14-15-16-17-18-19-20-23-24(29-22(3)26)21(2)28-25(23)27/h5-6,8-9,11-12,14-15,17-18,21,23-24H,4,7,10,13,16,19-20H2,1-3H3/b6-5-,9-8-,12-11-,15-14-,18-17-/t21-,23-,24+/m0/s1. The van der Waals surface area contributed by atoms with Gasteiger partial charge >= 0.3 is 11.9 Å². The van der Waals surface area contributed by atoms with Gasteiger partial charge in [0.15, 0.2) is 6.10 Å². The number of cyclic esters (lactones) is 1. The molecule has 1 heterocycles. The van der Waals surface area contributed by atoms with E-state index in [1.807, 2.05) is 0 Å². The Hall–Kier alpha value is -2.36. The molecule has 29 heavy (non-hydrogen) atoms. The Bertz CT molecular complexity index is 625. The van der Waals surface area contributed by atoms with Gasteiger partial charge in [-0.3, -0.25) is 9.59 Å². The van der Waals surface area contributed by atoms with Crippen LogP contribution in [0.1, 0.15) is 65.7 Å². The number of hydrogen-bond acceptors (Lipinski definition) is 4. The summed E-state index contributed by atoms with van der Waals surface area (Å²) >= 11 is 0. The lowest BCUT2D eigenvalue weighted by molar-refractivity contribution is -0.150. The Morgan fingerprint density at radius 1 is 0.897 bits per heavy atom. The summed E-state index contributed by atoms with van der Waals surface area (Å²) in [6.45, 7) is 5.27. The summed E-state index contributed by atoms with van der Waals surface area (Å²) in [5, 5.41) is 0. The maximum absolute atomic E-state index is 11.9. The molecule has 0 saturated carbocycles. The monoisotopic (exact) mass is 400 g/mol. The molecule has 0 bridgehead atoms. The molecule has 0 radical (unpaired) electrons. The molecule has 1 rings (SSSR count). The summed E-state index contributed by atoms with van der Waals surface area (Å²) in [6.07, 6.45) is 27.0. The predicted molar refractivity (Wildman–Crippen MR) is 118 cm³/mol. The highest BCUT2D eigenvalue weighted by atomic mass is 16.6. The van der Waals surface area contributed by atoms with Crippen LogP contribution in [0.4, 0.5) is 0 Å². The zero-order chi connectivity index (χ0) is 21.3. The fourth-order valence-corrected chi connectivity index (χ4v) is 3.10. The lowest BCUT2D eigenvalue weighted by Gasteiger charge is -2.17. The quantitative estimate of drug-likeness (QED) is 0.280. The van der Waals surface area contributed by atoms with Crippen LogP contribution < -0.4 is 0 Å². The topological polar surface area (TPSA) is 52.6 Å². The molecule has 0 aliphatic carbocycles. The van der Waals surface area contributed by atoms with Gasteiger partial charge in [-0.25, -0.2) is 0 Å². The molecule has 1 fully saturated rings. The van der Waals surface area contributed by atoms with E-state index in [-0.39, 0.29) is 24.0 Å². The molecule has 1 aliphatic rings. The first kappa shape index (κ1) is 24.7. The highest BCUT2D eigenvalue weighted by Gasteiger charge is 2.43. The number of carbonyl (C=O) groups is 2. The summed E-state index contributed by atoms with van der Waals surface area (Å²) < 4.78 is 10.5. The minimum absolute atomic E-state index is 0.267. The minimum atomic E-state index is -0.470. The van der Waals surface area contributed by atoms with Crippen molar-refractivity contribution in [2.45, 2.75) is 77.9 Å². The molecule has 1 saturated heterocycles. The fourth-order valence-electron chi connectivity index (χ4n) is 3.10. The molecule has 160 valence electrons. The van der Waals surface area contributed by atoms with E-state index in [1.54, 1.807) is 6.92 Å².